The minimum atomic E-state index is 0.0373. The molecule has 1 saturated heterocycles. The number of nitrogens with zero attached hydrogens (tertiary/aromatic N) is 1. The van der Waals surface area contributed by atoms with Gasteiger partial charge in [0.15, 0.2) is 0 Å². The highest BCUT2D eigenvalue weighted by Crippen LogP contribution is 2.24. The number of rotatable bonds is 4. The van der Waals surface area contributed by atoms with E-state index in [9.17, 15) is 4.79 Å². The first-order valence-electron chi connectivity index (χ1n) is 6.58. The van der Waals surface area contributed by atoms with E-state index in [0.29, 0.717) is 6.42 Å². The van der Waals surface area contributed by atoms with Crippen molar-refractivity contribution in [2.45, 2.75) is 52.5 Å². The van der Waals surface area contributed by atoms with Crippen LogP contribution in [0.3, 0.4) is 0 Å². The molecule has 94 valence electrons. The Kier molecular flexibility index (Phi) is 5.26. The standard InChI is InChI=1S/C13H26N2O/c1-4-12(14)9-13(16)15-7-5-11(6-8-15)10(2)3/h10-12H,4-9,14H2,1-3H3. The van der Waals surface area contributed by atoms with Crippen molar-refractivity contribution in [2.75, 3.05) is 13.1 Å². The number of carbonyl (C=O) groups is 1. The van der Waals surface area contributed by atoms with Crippen LogP contribution in [0, 0.1) is 11.8 Å². The van der Waals surface area contributed by atoms with Crippen molar-refractivity contribution in [1.29, 1.82) is 0 Å². The van der Waals surface area contributed by atoms with Crippen molar-refractivity contribution in [2.24, 2.45) is 17.6 Å². The van der Waals surface area contributed by atoms with Crippen LogP contribution in [-0.4, -0.2) is 29.9 Å². The number of hydrogen-bond acceptors (Lipinski definition) is 2. The second-order valence-corrected chi connectivity index (χ2v) is 5.33. The molecule has 1 heterocycles. The minimum absolute atomic E-state index is 0.0373. The first-order valence-corrected chi connectivity index (χ1v) is 6.58. The molecule has 0 aromatic rings. The molecule has 1 atom stereocenters. The van der Waals surface area contributed by atoms with Gasteiger partial charge in [-0.25, -0.2) is 0 Å². The highest BCUT2D eigenvalue weighted by Gasteiger charge is 2.24. The number of likely N-dealkylation sites (tertiary alicyclic amines) is 1. The second kappa shape index (κ2) is 6.24. The largest absolute Gasteiger partial charge is 0.343 e. The predicted octanol–water partition coefficient (Wildman–Crippen LogP) is 2.01. The third-order valence-electron chi connectivity index (χ3n) is 3.80. The van der Waals surface area contributed by atoms with Crippen molar-refractivity contribution in [1.82, 2.24) is 4.90 Å². The average Bonchev–Trinajstić information content (AvgIpc) is 2.28. The van der Waals surface area contributed by atoms with Crippen molar-refractivity contribution >= 4 is 5.91 Å². The Balaban J connectivity index is 2.33. The fourth-order valence-corrected chi connectivity index (χ4v) is 2.31. The highest BCUT2D eigenvalue weighted by molar-refractivity contribution is 5.76. The summed E-state index contributed by atoms with van der Waals surface area (Å²) in [7, 11) is 0. The number of nitrogens with two attached hydrogens (primary N) is 1. The molecule has 1 aliphatic rings. The smallest absolute Gasteiger partial charge is 0.224 e. The summed E-state index contributed by atoms with van der Waals surface area (Å²) in [6, 6.07) is 0.0373. The number of carbonyl (C=O) groups excluding carboxylic acids is 1. The van der Waals surface area contributed by atoms with E-state index in [1.54, 1.807) is 0 Å². The zero-order chi connectivity index (χ0) is 12.1. The molecule has 1 fully saturated rings. The van der Waals surface area contributed by atoms with E-state index in [2.05, 4.69) is 13.8 Å². The Hall–Kier alpha value is -0.570. The first-order chi connectivity index (χ1) is 7.54. The molecule has 0 aromatic carbocycles. The third-order valence-corrected chi connectivity index (χ3v) is 3.80. The Labute approximate surface area is 99.4 Å². The molecule has 1 unspecified atom stereocenters. The molecule has 1 aliphatic heterocycles. The molecule has 1 rings (SSSR count). The van der Waals surface area contributed by atoms with Gasteiger partial charge in [0.05, 0.1) is 0 Å². The molecule has 0 saturated carbocycles. The summed E-state index contributed by atoms with van der Waals surface area (Å²) < 4.78 is 0. The molecule has 0 bridgehead atoms. The quantitative estimate of drug-likeness (QED) is 0.797. The Bertz CT molecular complexity index is 220. The van der Waals surface area contributed by atoms with Crippen LogP contribution in [0.1, 0.15) is 46.5 Å². The van der Waals surface area contributed by atoms with Gasteiger partial charge in [-0.2, -0.15) is 0 Å². The first kappa shape index (κ1) is 13.5. The van der Waals surface area contributed by atoms with Crippen LogP contribution < -0.4 is 5.73 Å². The lowest BCUT2D eigenvalue weighted by Gasteiger charge is -2.34. The van der Waals surface area contributed by atoms with Gasteiger partial charge in [0.1, 0.15) is 0 Å². The fourth-order valence-electron chi connectivity index (χ4n) is 2.31. The summed E-state index contributed by atoms with van der Waals surface area (Å²) in [6.07, 6.45) is 3.71. The Morgan fingerprint density at radius 3 is 2.38 bits per heavy atom. The lowest BCUT2D eigenvalue weighted by atomic mass is 9.86. The maximum absolute atomic E-state index is 11.9. The van der Waals surface area contributed by atoms with Crippen molar-refractivity contribution < 1.29 is 4.79 Å². The van der Waals surface area contributed by atoms with Gasteiger partial charge < -0.3 is 10.6 Å². The number of piperidine rings is 1. The van der Waals surface area contributed by atoms with E-state index >= 15 is 0 Å². The number of amides is 1. The van der Waals surface area contributed by atoms with E-state index in [1.165, 1.54) is 0 Å². The van der Waals surface area contributed by atoms with E-state index in [1.807, 2.05) is 11.8 Å². The van der Waals surface area contributed by atoms with Crippen LogP contribution in [-0.2, 0) is 4.79 Å². The third kappa shape index (κ3) is 3.78. The van der Waals surface area contributed by atoms with Crippen LogP contribution in [0.4, 0.5) is 0 Å². The van der Waals surface area contributed by atoms with Gasteiger partial charge in [-0.15, -0.1) is 0 Å². The maximum Gasteiger partial charge on any atom is 0.224 e. The van der Waals surface area contributed by atoms with Crippen LogP contribution in [0.2, 0.25) is 0 Å². The average molecular weight is 226 g/mol. The van der Waals surface area contributed by atoms with Gasteiger partial charge in [-0.3, -0.25) is 4.79 Å². The van der Waals surface area contributed by atoms with Crippen molar-refractivity contribution in [3.05, 3.63) is 0 Å². The number of hydrogen-bond donors (Lipinski definition) is 1. The van der Waals surface area contributed by atoms with Gasteiger partial charge in [0.2, 0.25) is 5.91 Å². The normalized spacial score (nSPS) is 20.2. The summed E-state index contributed by atoms with van der Waals surface area (Å²) >= 11 is 0. The van der Waals surface area contributed by atoms with E-state index in [4.69, 9.17) is 5.73 Å². The molecule has 0 spiro atoms. The van der Waals surface area contributed by atoms with Gasteiger partial charge >= 0.3 is 0 Å². The zero-order valence-electron chi connectivity index (χ0n) is 10.9. The van der Waals surface area contributed by atoms with Crippen LogP contribution >= 0.6 is 0 Å². The SMILES string of the molecule is CCC(N)CC(=O)N1CCC(C(C)C)CC1. The molecule has 3 heteroatoms. The molecule has 0 aliphatic carbocycles. The lowest BCUT2D eigenvalue weighted by molar-refractivity contribution is -0.133. The van der Waals surface area contributed by atoms with Gasteiger partial charge in [0, 0.05) is 25.6 Å². The van der Waals surface area contributed by atoms with Crippen LogP contribution in [0.5, 0.6) is 0 Å². The molecule has 1 amide bonds. The maximum atomic E-state index is 11.9. The summed E-state index contributed by atoms with van der Waals surface area (Å²) in [5.74, 6) is 1.79. The van der Waals surface area contributed by atoms with Crippen molar-refractivity contribution in [3.63, 3.8) is 0 Å². The molecule has 3 nitrogen and oxygen atoms in total. The van der Waals surface area contributed by atoms with Crippen molar-refractivity contribution in [3.8, 4) is 0 Å². The lowest BCUT2D eigenvalue weighted by Crippen LogP contribution is -2.41. The highest BCUT2D eigenvalue weighted by atomic mass is 16.2. The Morgan fingerprint density at radius 1 is 1.38 bits per heavy atom. The fraction of sp³-hybridized carbons (Fsp3) is 0.923. The van der Waals surface area contributed by atoms with Gasteiger partial charge in [-0.1, -0.05) is 20.8 Å². The minimum Gasteiger partial charge on any atom is -0.343 e. The van der Waals surface area contributed by atoms with Crippen LogP contribution in [0.15, 0.2) is 0 Å². The molecule has 0 aromatic heterocycles. The van der Waals surface area contributed by atoms with Gasteiger partial charge in [0.25, 0.3) is 0 Å². The predicted molar refractivity (Wildman–Crippen MR) is 67.0 cm³/mol. The molecule has 16 heavy (non-hydrogen) atoms. The molecular formula is C13H26N2O. The topological polar surface area (TPSA) is 46.3 Å². The monoisotopic (exact) mass is 226 g/mol. The summed E-state index contributed by atoms with van der Waals surface area (Å²) in [4.78, 5) is 13.9. The molecule has 0 radical (unpaired) electrons. The zero-order valence-corrected chi connectivity index (χ0v) is 10.9. The summed E-state index contributed by atoms with van der Waals surface area (Å²) in [6.45, 7) is 8.43. The molecular weight excluding hydrogens is 200 g/mol. The van der Waals surface area contributed by atoms with E-state index < -0.39 is 0 Å². The molecule has 2 N–H and O–H groups in total. The van der Waals surface area contributed by atoms with Gasteiger partial charge in [-0.05, 0) is 31.1 Å². The van der Waals surface area contributed by atoms with E-state index in [-0.39, 0.29) is 11.9 Å². The summed E-state index contributed by atoms with van der Waals surface area (Å²) in [5.41, 5.74) is 5.81. The Morgan fingerprint density at radius 2 is 1.94 bits per heavy atom. The second-order valence-electron chi connectivity index (χ2n) is 5.33. The van der Waals surface area contributed by atoms with E-state index in [0.717, 1.165) is 44.2 Å². The summed E-state index contributed by atoms with van der Waals surface area (Å²) in [5, 5.41) is 0. The van der Waals surface area contributed by atoms with Crippen LogP contribution in [0.25, 0.3) is 0 Å².